The third-order valence-electron chi connectivity index (χ3n) is 0.932. The zero-order valence-electron chi connectivity index (χ0n) is 6.24. The Labute approximate surface area is 88.1 Å². The van der Waals surface area contributed by atoms with Gasteiger partial charge in [-0.2, -0.15) is 5.10 Å². The summed E-state index contributed by atoms with van der Waals surface area (Å²) in [4.78, 5) is 4.36. The van der Waals surface area contributed by atoms with Crippen LogP contribution in [0.4, 0.5) is 0 Å². The van der Waals surface area contributed by atoms with E-state index in [2.05, 4.69) is 15.2 Å². The van der Waals surface area contributed by atoms with Crippen LogP contribution in [0, 0.1) is 0 Å². The quantitative estimate of drug-likeness (QED) is 0.458. The maximum atomic E-state index is 5.67. The van der Waals surface area contributed by atoms with Crippen molar-refractivity contribution in [2.45, 2.75) is 0 Å². The Kier molecular flexibility index (Phi) is 3.47. The van der Waals surface area contributed by atoms with Crippen molar-refractivity contribution in [2.24, 2.45) is 21.7 Å². The Bertz CT molecular complexity index is 354. The number of thiazole rings is 1. The molecule has 0 saturated heterocycles. The van der Waals surface area contributed by atoms with E-state index in [1.165, 1.54) is 17.6 Å². The highest BCUT2D eigenvalue weighted by atomic mass is 35.5. The highest BCUT2D eigenvalue weighted by Gasteiger charge is 2.04. The van der Waals surface area contributed by atoms with Gasteiger partial charge < -0.3 is 11.5 Å². The average molecular weight is 238 g/mol. The van der Waals surface area contributed by atoms with E-state index < -0.39 is 0 Å². The van der Waals surface area contributed by atoms with E-state index in [0.29, 0.717) is 9.34 Å². The summed E-state index contributed by atoms with van der Waals surface area (Å²) in [7, 11) is 0. The van der Waals surface area contributed by atoms with Crippen molar-refractivity contribution in [1.82, 2.24) is 4.98 Å². The predicted octanol–water partition coefficient (Wildman–Crippen LogP) is 1.06. The molecule has 1 heterocycles. The van der Waals surface area contributed by atoms with Crippen LogP contribution in [-0.4, -0.2) is 17.2 Å². The van der Waals surface area contributed by atoms with Gasteiger partial charge in [0, 0.05) is 0 Å². The van der Waals surface area contributed by atoms with Crippen LogP contribution in [0.15, 0.2) is 10.2 Å². The summed E-state index contributed by atoms with van der Waals surface area (Å²) in [6.45, 7) is 0. The fraction of sp³-hybridized carbons (Fsp3) is 0. The van der Waals surface area contributed by atoms with Crippen molar-refractivity contribution in [3.8, 4) is 0 Å². The van der Waals surface area contributed by atoms with Crippen molar-refractivity contribution in [3.05, 3.63) is 14.5 Å². The third-order valence-corrected chi connectivity index (χ3v) is 2.43. The Morgan fingerprint density at radius 1 is 1.46 bits per heavy atom. The van der Waals surface area contributed by atoms with E-state index in [0.717, 1.165) is 0 Å². The number of nitrogens with two attached hydrogens (primary N) is 2. The standard InChI is InChI=1S/C5H5Cl2N5S/c6-3-2(13-4(7)11-3)1-10-12-5(8)9/h1H,(H4,8,9,12). The lowest BCUT2D eigenvalue weighted by Crippen LogP contribution is -2.21. The second kappa shape index (κ2) is 4.40. The first kappa shape index (κ1) is 10.2. The van der Waals surface area contributed by atoms with Crippen LogP contribution in [0.1, 0.15) is 4.88 Å². The van der Waals surface area contributed by atoms with Gasteiger partial charge >= 0.3 is 0 Å². The topological polar surface area (TPSA) is 89.7 Å². The van der Waals surface area contributed by atoms with Crippen molar-refractivity contribution in [2.75, 3.05) is 0 Å². The van der Waals surface area contributed by atoms with Crippen molar-refractivity contribution >= 4 is 46.7 Å². The minimum absolute atomic E-state index is 0.122. The van der Waals surface area contributed by atoms with E-state index >= 15 is 0 Å². The molecule has 0 atom stereocenters. The van der Waals surface area contributed by atoms with E-state index in [-0.39, 0.29) is 11.1 Å². The molecule has 1 rings (SSSR count). The maximum absolute atomic E-state index is 5.67. The number of aromatic nitrogens is 1. The first-order chi connectivity index (χ1) is 6.09. The van der Waals surface area contributed by atoms with E-state index in [9.17, 15) is 0 Å². The minimum atomic E-state index is -0.122. The third kappa shape index (κ3) is 3.17. The minimum Gasteiger partial charge on any atom is -0.369 e. The predicted molar refractivity (Wildman–Crippen MR) is 55.5 cm³/mol. The van der Waals surface area contributed by atoms with Crippen LogP contribution in [0.2, 0.25) is 9.62 Å². The fourth-order valence-corrected chi connectivity index (χ4v) is 1.74. The molecule has 0 spiro atoms. The summed E-state index contributed by atoms with van der Waals surface area (Å²) in [5, 5.41) is 7.23. The summed E-state index contributed by atoms with van der Waals surface area (Å²) in [6, 6.07) is 0. The van der Waals surface area contributed by atoms with Crippen LogP contribution in [0.25, 0.3) is 0 Å². The van der Waals surface area contributed by atoms with E-state index in [4.69, 9.17) is 34.7 Å². The number of nitrogens with zero attached hydrogens (tertiary/aromatic N) is 3. The van der Waals surface area contributed by atoms with Crippen LogP contribution in [0.5, 0.6) is 0 Å². The number of guanidine groups is 1. The van der Waals surface area contributed by atoms with Crippen molar-refractivity contribution < 1.29 is 0 Å². The average Bonchev–Trinajstić information content (AvgIpc) is 2.29. The van der Waals surface area contributed by atoms with Gasteiger partial charge in [-0.25, -0.2) is 4.98 Å². The van der Waals surface area contributed by atoms with Crippen LogP contribution >= 0.6 is 34.5 Å². The van der Waals surface area contributed by atoms with Crippen LogP contribution in [-0.2, 0) is 0 Å². The molecule has 13 heavy (non-hydrogen) atoms. The Morgan fingerprint density at radius 2 is 2.15 bits per heavy atom. The number of hydrogen-bond donors (Lipinski definition) is 2. The lowest BCUT2D eigenvalue weighted by Gasteiger charge is -1.83. The maximum Gasteiger partial charge on any atom is 0.211 e. The molecule has 0 aliphatic rings. The highest BCUT2D eigenvalue weighted by Crippen LogP contribution is 2.24. The summed E-state index contributed by atoms with van der Waals surface area (Å²) in [6.07, 6.45) is 1.38. The lowest BCUT2D eigenvalue weighted by atomic mass is 10.6. The second-order valence-electron chi connectivity index (χ2n) is 1.89. The zero-order chi connectivity index (χ0) is 9.84. The Balaban J connectivity index is 2.80. The SMILES string of the molecule is NC(N)=NN=Cc1sc(Cl)nc1Cl. The van der Waals surface area contributed by atoms with Gasteiger partial charge in [-0.05, 0) is 0 Å². The van der Waals surface area contributed by atoms with Gasteiger partial charge in [0.05, 0.1) is 11.1 Å². The summed E-state index contributed by atoms with van der Waals surface area (Å²) < 4.78 is 0.344. The molecule has 0 fully saturated rings. The van der Waals surface area contributed by atoms with E-state index in [1.54, 1.807) is 0 Å². The van der Waals surface area contributed by atoms with Gasteiger partial charge in [0.2, 0.25) is 5.96 Å². The molecule has 8 heteroatoms. The number of hydrogen-bond acceptors (Lipinski definition) is 4. The molecular formula is C5H5Cl2N5S. The van der Waals surface area contributed by atoms with Gasteiger partial charge in [-0.3, -0.25) is 0 Å². The monoisotopic (exact) mass is 237 g/mol. The molecule has 0 radical (unpaired) electrons. The van der Waals surface area contributed by atoms with E-state index in [1.807, 2.05) is 0 Å². The van der Waals surface area contributed by atoms with Gasteiger partial charge in [0.1, 0.15) is 0 Å². The van der Waals surface area contributed by atoms with Crippen LogP contribution in [0.3, 0.4) is 0 Å². The highest BCUT2D eigenvalue weighted by molar-refractivity contribution is 7.17. The number of rotatable bonds is 2. The van der Waals surface area contributed by atoms with Gasteiger partial charge in [-0.15, -0.1) is 5.10 Å². The summed E-state index contributed by atoms with van der Waals surface area (Å²) in [5.41, 5.74) is 10.1. The molecule has 1 aromatic rings. The summed E-state index contributed by atoms with van der Waals surface area (Å²) in [5.74, 6) is -0.122. The second-order valence-corrected chi connectivity index (χ2v) is 3.86. The van der Waals surface area contributed by atoms with Crippen molar-refractivity contribution in [3.63, 3.8) is 0 Å². The number of halogens is 2. The smallest absolute Gasteiger partial charge is 0.211 e. The molecule has 1 aromatic heterocycles. The first-order valence-corrected chi connectivity index (χ1v) is 4.60. The Hall–Kier alpha value is -0.850. The molecular weight excluding hydrogens is 233 g/mol. The van der Waals surface area contributed by atoms with Gasteiger partial charge in [0.15, 0.2) is 9.62 Å². The molecule has 5 nitrogen and oxygen atoms in total. The first-order valence-electron chi connectivity index (χ1n) is 3.03. The van der Waals surface area contributed by atoms with Gasteiger partial charge in [-0.1, -0.05) is 34.5 Å². The zero-order valence-corrected chi connectivity index (χ0v) is 8.57. The van der Waals surface area contributed by atoms with Crippen LogP contribution < -0.4 is 11.5 Å². The molecule has 0 unspecified atom stereocenters. The molecule has 0 bridgehead atoms. The molecule has 0 aromatic carbocycles. The summed E-state index contributed by atoms with van der Waals surface area (Å²) >= 11 is 12.4. The Morgan fingerprint density at radius 3 is 2.62 bits per heavy atom. The molecule has 4 N–H and O–H groups in total. The molecule has 70 valence electrons. The van der Waals surface area contributed by atoms with Crippen molar-refractivity contribution in [1.29, 1.82) is 0 Å². The largest absolute Gasteiger partial charge is 0.369 e. The molecule has 0 aliphatic heterocycles. The van der Waals surface area contributed by atoms with Gasteiger partial charge in [0.25, 0.3) is 0 Å². The fourth-order valence-electron chi connectivity index (χ4n) is 0.516. The molecule has 0 amide bonds. The molecule has 0 aliphatic carbocycles. The lowest BCUT2D eigenvalue weighted by molar-refractivity contribution is 1.22. The molecule has 0 saturated carbocycles. The normalized spacial score (nSPS) is 10.6.